The van der Waals surface area contributed by atoms with Crippen LogP contribution in [0, 0.1) is 0 Å². The molecule has 0 rings (SSSR count). The first kappa shape index (κ1) is 14.5. The van der Waals surface area contributed by atoms with Gasteiger partial charge in [-0.2, -0.15) is 0 Å². The molecule has 76 valence electrons. The van der Waals surface area contributed by atoms with E-state index in [9.17, 15) is 4.39 Å². The summed E-state index contributed by atoms with van der Waals surface area (Å²) < 4.78 is 11.6. The fourth-order valence-electron chi connectivity index (χ4n) is 1.05. The monoisotopic (exact) mass is 176 g/mol. The van der Waals surface area contributed by atoms with Crippen molar-refractivity contribution >= 4 is 0 Å². The average Bonchev–Trinajstić information content (AvgIpc) is 2.15. The van der Waals surface area contributed by atoms with E-state index in [1.54, 1.807) is 0 Å². The van der Waals surface area contributed by atoms with Crippen molar-refractivity contribution in [3.8, 4) is 0 Å². The van der Waals surface area contributed by atoms with Crippen molar-refractivity contribution in [2.45, 2.75) is 65.7 Å². The number of alkyl halides is 1. The maximum absolute atomic E-state index is 11.6. The molecule has 0 saturated carbocycles. The lowest BCUT2D eigenvalue weighted by atomic mass is 10.1. The normalized spacial score (nSPS) is 9.00. The van der Waals surface area contributed by atoms with Crippen LogP contribution in [-0.2, 0) is 0 Å². The van der Waals surface area contributed by atoms with Gasteiger partial charge in [0.25, 0.3) is 0 Å². The topological polar surface area (TPSA) is 0 Å². The molecule has 0 fully saturated rings. The summed E-state index contributed by atoms with van der Waals surface area (Å²) in [5, 5.41) is 0. The maximum atomic E-state index is 11.6. The molecular formula is C11H25F. The van der Waals surface area contributed by atoms with Crippen LogP contribution in [-0.4, -0.2) is 6.67 Å². The Hall–Kier alpha value is -0.0700. The Morgan fingerprint density at radius 3 is 1.58 bits per heavy atom. The third kappa shape index (κ3) is 16.5. The van der Waals surface area contributed by atoms with Gasteiger partial charge in [-0.25, -0.2) is 0 Å². The molecule has 0 heterocycles. The van der Waals surface area contributed by atoms with Gasteiger partial charge in [0.05, 0.1) is 6.67 Å². The van der Waals surface area contributed by atoms with Crippen LogP contribution in [0.3, 0.4) is 0 Å². The summed E-state index contributed by atoms with van der Waals surface area (Å²) in [6, 6.07) is 0. The highest BCUT2D eigenvalue weighted by atomic mass is 19.1. The minimum atomic E-state index is -0.131. The van der Waals surface area contributed by atoms with E-state index in [0.717, 1.165) is 12.8 Å². The Morgan fingerprint density at radius 2 is 1.17 bits per heavy atom. The highest BCUT2D eigenvalue weighted by molar-refractivity contribution is 4.43. The van der Waals surface area contributed by atoms with Crippen molar-refractivity contribution in [1.29, 1.82) is 0 Å². The van der Waals surface area contributed by atoms with Crippen LogP contribution in [0.15, 0.2) is 0 Å². The van der Waals surface area contributed by atoms with Gasteiger partial charge in [0.15, 0.2) is 0 Å². The minimum Gasteiger partial charge on any atom is -0.251 e. The van der Waals surface area contributed by atoms with Crippen molar-refractivity contribution in [1.82, 2.24) is 0 Å². The third-order valence-electron chi connectivity index (χ3n) is 1.74. The fourth-order valence-corrected chi connectivity index (χ4v) is 1.05. The Morgan fingerprint density at radius 1 is 0.750 bits per heavy atom. The van der Waals surface area contributed by atoms with Crippen molar-refractivity contribution in [2.24, 2.45) is 0 Å². The number of halogens is 1. The van der Waals surface area contributed by atoms with Gasteiger partial charge in [-0.3, -0.25) is 4.39 Å². The highest BCUT2D eigenvalue weighted by Crippen LogP contribution is 2.06. The fraction of sp³-hybridized carbons (Fsp3) is 1.00. The average molecular weight is 176 g/mol. The quantitative estimate of drug-likeness (QED) is 0.492. The van der Waals surface area contributed by atoms with E-state index in [-0.39, 0.29) is 6.67 Å². The summed E-state index contributed by atoms with van der Waals surface area (Å²) in [4.78, 5) is 0. The number of hydrogen-bond acceptors (Lipinski definition) is 0. The van der Waals surface area contributed by atoms with Crippen LogP contribution in [0.25, 0.3) is 0 Å². The minimum absolute atomic E-state index is 0.131. The summed E-state index contributed by atoms with van der Waals surface area (Å²) in [5.41, 5.74) is 0. The number of unbranched alkanes of at least 4 members (excludes halogenated alkanes) is 6. The Bertz CT molecular complexity index is 45.0. The Balaban J connectivity index is 0. The summed E-state index contributed by atoms with van der Waals surface area (Å²) in [7, 11) is 0. The van der Waals surface area contributed by atoms with Gasteiger partial charge in [-0.1, -0.05) is 59.3 Å². The van der Waals surface area contributed by atoms with E-state index >= 15 is 0 Å². The van der Waals surface area contributed by atoms with Crippen molar-refractivity contribution in [3.05, 3.63) is 0 Å². The molecule has 0 bridgehead atoms. The summed E-state index contributed by atoms with van der Waals surface area (Å²) in [6.45, 7) is 6.08. The molecular weight excluding hydrogens is 151 g/mol. The first-order valence-electron chi connectivity index (χ1n) is 5.47. The molecule has 0 nitrogen and oxygen atoms in total. The smallest absolute Gasteiger partial charge is 0.0894 e. The molecule has 0 aliphatic rings. The number of rotatable bonds is 7. The Labute approximate surface area is 77.6 Å². The lowest BCUT2D eigenvalue weighted by Crippen LogP contribution is -1.80. The van der Waals surface area contributed by atoms with E-state index in [1.165, 1.54) is 32.1 Å². The standard InChI is InChI=1S/C9H19F.C2H6/c1-2-3-4-5-6-7-8-9-10;1-2/h2-9H2,1H3;1-2H3. The molecule has 0 saturated heterocycles. The third-order valence-corrected chi connectivity index (χ3v) is 1.74. The van der Waals surface area contributed by atoms with Crippen molar-refractivity contribution in [2.75, 3.05) is 6.67 Å². The van der Waals surface area contributed by atoms with E-state index in [4.69, 9.17) is 0 Å². The number of hydrogen-bond donors (Lipinski definition) is 0. The van der Waals surface area contributed by atoms with E-state index in [1.807, 2.05) is 13.8 Å². The second kappa shape index (κ2) is 17.1. The van der Waals surface area contributed by atoms with E-state index in [2.05, 4.69) is 6.92 Å². The molecule has 0 aromatic carbocycles. The second-order valence-corrected chi connectivity index (χ2v) is 2.81. The zero-order valence-corrected chi connectivity index (χ0v) is 9.03. The van der Waals surface area contributed by atoms with E-state index < -0.39 is 0 Å². The molecule has 0 unspecified atom stereocenters. The first-order chi connectivity index (χ1) is 5.91. The van der Waals surface area contributed by atoms with Gasteiger partial charge in [-0.15, -0.1) is 0 Å². The predicted octanol–water partition coefficient (Wildman–Crippen LogP) is 4.73. The largest absolute Gasteiger partial charge is 0.251 e. The van der Waals surface area contributed by atoms with Gasteiger partial charge in [0, 0.05) is 0 Å². The molecule has 0 atom stereocenters. The molecule has 0 aromatic rings. The van der Waals surface area contributed by atoms with Gasteiger partial charge >= 0.3 is 0 Å². The van der Waals surface area contributed by atoms with Crippen LogP contribution >= 0.6 is 0 Å². The highest BCUT2D eigenvalue weighted by Gasteiger charge is 1.88. The molecule has 0 radical (unpaired) electrons. The van der Waals surface area contributed by atoms with Gasteiger partial charge < -0.3 is 0 Å². The SMILES string of the molecule is CC.CCCCCCCCCF. The molecule has 0 aliphatic carbocycles. The first-order valence-corrected chi connectivity index (χ1v) is 5.47. The van der Waals surface area contributed by atoms with Gasteiger partial charge in [-0.05, 0) is 6.42 Å². The molecule has 0 spiro atoms. The summed E-state index contributed by atoms with van der Waals surface area (Å²) in [6.07, 6.45) is 8.35. The molecule has 1 heteroatoms. The molecule has 0 amide bonds. The summed E-state index contributed by atoms with van der Waals surface area (Å²) in [5.74, 6) is 0. The lowest BCUT2D eigenvalue weighted by molar-refractivity contribution is 0.450. The van der Waals surface area contributed by atoms with Crippen molar-refractivity contribution in [3.63, 3.8) is 0 Å². The van der Waals surface area contributed by atoms with Crippen LogP contribution in [0.4, 0.5) is 4.39 Å². The maximum Gasteiger partial charge on any atom is 0.0894 e. The van der Waals surface area contributed by atoms with E-state index in [0.29, 0.717) is 0 Å². The Kier molecular flexibility index (Phi) is 20.6. The van der Waals surface area contributed by atoms with Crippen LogP contribution in [0.2, 0.25) is 0 Å². The van der Waals surface area contributed by atoms with Crippen molar-refractivity contribution < 1.29 is 4.39 Å². The second-order valence-electron chi connectivity index (χ2n) is 2.81. The zero-order valence-electron chi connectivity index (χ0n) is 9.03. The summed E-state index contributed by atoms with van der Waals surface area (Å²) >= 11 is 0. The zero-order chi connectivity index (χ0) is 9.66. The van der Waals surface area contributed by atoms with Crippen LogP contribution in [0.1, 0.15) is 65.7 Å². The van der Waals surface area contributed by atoms with Crippen LogP contribution < -0.4 is 0 Å². The van der Waals surface area contributed by atoms with Gasteiger partial charge in [0.2, 0.25) is 0 Å². The molecule has 12 heavy (non-hydrogen) atoms. The predicted molar refractivity (Wildman–Crippen MR) is 55.3 cm³/mol. The lowest BCUT2D eigenvalue weighted by Gasteiger charge is -1.96. The van der Waals surface area contributed by atoms with Gasteiger partial charge in [0.1, 0.15) is 0 Å². The van der Waals surface area contributed by atoms with Crippen LogP contribution in [0.5, 0.6) is 0 Å². The molecule has 0 N–H and O–H groups in total. The molecule has 0 aromatic heterocycles. The molecule has 0 aliphatic heterocycles.